The number of nitrogens with one attached hydrogen (secondary N) is 1. The van der Waals surface area contributed by atoms with Crippen molar-refractivity contribution in [1.29, 1.82) is 5.26 Å². The van der Waals surface area contributed by atoms with Crippen LogP contribution in [0.1, 0.15) is 11.3 Å². The summed E-state index contributed by atoms with van der Waals surface area (Å²) in [6.45, 7) is 8.23. The number of nitrogens with zero attached hydrogens (tertiary/aromatic N) is 5. The van der Waals surface area contributed by atoms with Crippen molar-refractivity contribution >= 4 is 5.82 Å². The average molecular weight is 260 g/mol. The molecule has 2 aliphatic heterocycles. The third-order valence-corrected chi connectivity index (χ3v) is 4.19. The Balaban J connectivity index is 1.73. The normalized spacial score (nSPS) is 21.2. The quantitative estimate of drug-likeness (QED) is 0.791. The van der Waals surface area contributed by atoms with Gasteiger partial charge in [-0.3, -0.25) is 9.58 Å². The molecule has 3 rings (SSSR count). The molecule has 3 heterocycles. The van der Waals surface area contributed by atoms with E-state index >= 15 is 0 Å². The lowest BCUT2D eigenvalue weighted by atomic mass is 10.1. The number of piperazine rings is 1. The van der Waals surface area contributed by atoms with Gasteiger partial charge in [-0.25, -0.2) is 0 Å². The fourth-order valence-electron chi connectivity index (χ4n) is 2.97. The van der Waals surface area contributed by atoms with E-state index in [4.69, 9.17) is 0 Å². The van der Waals surface area contributed by atoms with Gasteiger partial charge in [0.2, 0.25) is 0 Å². The molecule has 0 aliphatic carbocycles. The summed E-state index contributed by atoms with van der Waals surface area (Å²) in [5.74, 6) is 0.978. The maximum atomic E-state index is 9.28. The predicted molar refractivity (Wildman–Crippen MR) is 73.1 cm³/mol. The molecule has 6 nitrogen and oxygen atoms in total. The fraction of sp³-hybridized carbons (Fsp3) is 0.692. The minimum Gasteiger partial charge on any atom is -0.353 e. The Bertz CT molecular complexity index is 502. The van der Waals surface area contributed by atoms with Gasteiger partial charge in [0.05, 0.1) is 5.69 Å². The summed E-state index contributed by atoms with van der Waals surface area (Å²) in [6, 6.07) is 3.00. The molecule has 2 aliphatic rings. The van der Waals surface area contributed by atoms with Gasteiger partial charge in [-0.1, -0.05) is 0 Å². The highest BCUT2D eigenvalue weighted by atomic mass is 15.4. The van der Waals surface area contributed by atoms with E-state index in [1.54, 1.807) is 0 Å². The molecule has 1 N–H and O–H groups in total. The van der Waals surface area contributed by atoms with Crippen molar-refractivity contribution in [3.05, 3.63) is 11.3 Å². The van der Waals surface area contributed by atoms with Crippen LogP contribution in [-0.4, -0.2) is 60.0 Å². The van der Waals surface area contributed by atoms with E-state index in [1.165, 1.54) is 0 Å². The lowest BCUT2D eigenvalue weighted by Crippen LogP contribution is -2.61. The Labute approximate surface area is 113 Å². The SMILES string of the molecule is Cc1nn(C)c(N2CCN(C3CNC3)CC2)c1C#N. The molecule has 0 aromatic carbocycles. The van der Waals surface area contributed by atoms with Gasteiger partial charge >= 0.3 is 0 Å². The molecule has 2 fully saturated rings. The predicted octanol–water partition coefficient (Wildman–Crippen LogP) is -0.306. The molecule has 6 heteroatoms. The van der Waals surface area contributed by atoms with Crippen molar-refractivity contribution in [3.63, 3.8) is 0 Å². The molecule has 102 valence electrons. The molecule has 0 unspecified atom stereocenters. The minimum absolute atomic E-state index is 0.714. The second-order valence-electron chi connectivity index (χ2n) is 5.35. The van der Waals surface area contributed by atoms with Crippen molar-refractivity contribution in [2.45, 2.75) is 13.0 Å². The van der Waals surface area contributed by atoms with Crippen molar-refractivity contribution in [3.8, 4) is 6.07 Å². The molecular weight excluding hydrogens is 240 g/mol. The topological polar surface area (TPSA) is 60.1 Å². The van der Waals surface area contributed by atoms with Gasteiger partial charge in [-0.05, 0) is 6.92 Å². The summed E-state index contributed by atoms with van der Waals surface area (Å²) >= 11 is 0. The minimum atomic E-state index is 0.714. The first-order valence-corrected chi connectivity index (χ1v) is 6.84. The first-order chi connectivity index (χ1) is 9.20. The molecule has 0 atom stereocenters. The summed E-state index contributed by atoms with van der Waals surface area (Å²) in [6.07, 6.45) is 0. The zero-order valence-electron chi connectivity index (χ0n) is 11.6. The lowest BCUT2D eigenvalue weighted by molar-refractivity contribution is 0.137. The van der Waals surface area contributed by atoms with Crippen LogP contribution in [0.15, 0.2) is 0 Å². The summed E-state index contributed by atoms with van der Waals surface area (Å²) in [4.78, 5) is 4.84. The highest BCUT2D eigenvalue weighted by Crippen LogP contribution is 2.24. The molecule has 0 spiro atoms. The number of aromatic nitrogens is 2. The number of hydrogen-bond acceptors (Lipinski definition) is 5. The maximum absolute atomic E-state index is 9.28. The zero-order valence-corrected chi connectivity index (χ0v) is 11.6. The van der Waals surface area contributed by atoms with Crippen LogP contribution in [0.4, 0.5) is 5.82 Å². The van der Waals surface area contributed by atoms with Gasteiger partial charge in [0.15, 0.2) is 0 Å². The van der Waals surface area contributed by atoms with Gasteiger partial charge in [-0.2, -0.15) is 10.4 Å². The maximum Gasteiger partial charge on any atom is 0.145 e. The van der Waals surface area contributed by atoms with Crippen LogP contribution in [-0.2, 0) is 7.05 Å². The van der Waals surface area contributed by atoms with E-state index in [9.17, 15) is 5.26 Å². The molecule has 0 bridgehead atoms. The van der Waals surface area contributed by atoms with Crippen molar-refractivity contribution in [2.24, 2.45) is 7.05 Å². The average Bonchev–Trinajstić information content (AvgIpc) is 2.62. The molecule has 0 radical (unpaired) electrons. The van der Waals surface area contributed by atoms with Gasteiger partial charge in [-0.15, -0.1) is 0 Å². The third-order valence-electron chi connectivity index (χ3n) is 4.19. The van der Waals surface area contributed by atoms with Crippen LogP contribution < -0.4 is 10.2 Å². The Hall–Kier alpha value is -1.58. The smallest absolute Gasteiger partial charge is 0.145 e. The zero-order chi connectivity index (χ0) is 13.4. The Morgan fingerprint density at radius 1 is 1.26 bits per heavy atom. The summed E-state index contributed by atoms with van der Waals surface area (Å²) in [5, 5.41) is 17.0. The van der Waals surface area contributed by atoms with E-state index in [1.807, 2.05) is 18.7 Å². The molecule has 0 saturated carbocycles. The van der Waals surface area contributed by atoms with E-state index in [0.29, 0.717) is 6.04 Å². The first-order valence-electron chi connectivity index (χ1n) is 6.84. The molecule has 19 heavy (non-hydrogen) atoms. The monoisotopic (exact) mass is 260 g/mol. The summed E-state index contributed by atoms with van der Waals surface area (Å²) in [7, 11) is 1.92. The first kappa shape index (κ1) is 12.5. The Morgan fingerprint density at radius 3 is 2.47 bits per heavy atom. The Kier molecular flexibility index (Phi) is 3.17. The standard InChI is InChI=1S/C13H20N6/c1-10-12(7-14)13(17(2)16-10)19-5-3-18(4-6-19)11-8-15-9-11/h11,15H,3-6,8-9H2,1-2H3. The number of anilines is 1. The number of nitriles is 1. The lowest BCUT2D eigenvalue weighted by Gasteiger charge is -2.43. The largest absolute Gasteiger partial charge is 0.353 e. The van der Waals surface area contributed by atoms with Gasteiger partial charge in [0.25, 0.3) is 0 Å². The van der Waals surface area contributed by atoms with E-state index < -0.39 is 0 Å². The molecule has 2 saturated heterocycles. The molecular formula is C13H20N6. The second kappa shape index (κ2) is 4.83. The fourth-order valence-corrected chi connectivity index (χ4v) is 2.97. The Morgan fingerprint density at radius 2 is 1.95 bits per heavy atom. The van der Waals surface area contributed by atoms with Crippen LogP contribution in [0, 0.1) is 18.3 Å². The van der Waals surface area contributed by atoms with Crippen LogP contribution in [0.5, 0.6) is 0 Å². The molecule has 1 aromatic rings. The number of rotatable bonds is 2. The van der Waals surface area contributed by atoms with Crippen molar-refractivity contribution in [2.75, 3.05) is 44.2 Å². The number of aryl methyl sites for hydroxylation is 2. The highest BCUT2D eigenvalue weighted by molar-refractivity contribution is 5.57. The molecule has 1 aromatic heterocycles. The number of hydrogen-bond donors (Lipinski definition) is 1. The second-order valence-corrected chi connectivity index (χ2v) is 5.35. The third kappa shape index (κ3) is 2.09. The summed E-state index contributed by atoms with van der Waals surface area (Å²) < 4.78 is 1.84. The van der Waals surface area contributed by atoms with Crippen LogP contribution >= 0.6 is 0 Å². The van der Waals surface area contributed by atoms with E-state index in [-0.39, 0.29) is 0 Å². The van der Waals surface area contributed by atoms with Gasteiger partial charge < -0.3 is 10.2 Å². The van der Waals surface area contributed by atoms with Crippen molar-refractivity contribution < 1.29 is 0 Å². The van der Waals surface area contributed by atoms with E-state index in [0.717, 1.165) is 56.3 Å². The highest BCUT2D eigenvalue weighted by Gasteiger charge is 2.29. The van der Waals surface area contributed by atoms with Crippen LogP contribution in [0.25, 0.3) is 0 Å². The van der Waals surface area contributed by atoms with Crippen LogP contribution in [0.2, 0.25) is 0 Å². The molecule has 0 amide bonds. The van der Waals surface area contributed by atoms with Crippen LogP contribution in [0.3, 0.4) is 0 Å². The van der Waals surface area contributed by atoms with Crippen molar-refractivity contribution in [1.82, 2.24) is 20.0 Å². The van der Waals surface area contributed by atoms with E-state index in [2.05, 4.69) is 26.3 Å². The van der Waals surface area contributed by atoms with Gasteiger partial charge in [0.1, 0.15) is 17.5 Å². The summed E-state index contributed by atoms with van der Waals surface area (Å²) in [5.41, 5.74) is 1.55. The van der Waals surface area contributed by atoms with Gasteiger partial charge in [0, 0.05) is 52.4 Å².